The van der Waals surface area contributed by atoms with Crippen molar-refractivity contribution in [2.24, 2.45) is 5.92 Å². The Hall–Kier alpha value is -1.68. The molecule has 2 aromatic rings. The van der Waals surface area contributed by atoms with Gasteiger partial charge >= 0.3 is 0 Å². The Morgan fingerprint density at radius 2 is 1.82 bits per heavy atom. The topological polar surface area (TPSA) is 31.4 Å². The van der Waals surface area contributed by atoms with Crippen LogP contribution in [0, 0.1) is 5.92 Å². The molecule has 1 aliphatic rings. The number of allylic oxidation sites excluding steroid dienone is 1. The van der Waals surface area contributed by atoms with Crippen molar-refractivity contribution in [1.82, 2.24) is 4.98 Å². The lowest BCUT2D eigenvalue weighted by molar-refractivity contribution is -0.197. The van der Waals surface area contributed by atoms with Gasteiger partial charge in [0.05, 0.1) is 18.9 Å². The Morgan fingerprint density at radius 3 is 2.41 bits per heavy atom. The first-order valence-corrected chi connectivity index (χ1v) is 7.72. The number of hydrogen-bond acceptors (Lipinski definition) is 3. The van der Waals surface area contributed by atoms with Crippen molar-refractivity contribution in [3.63, 3.8) is 0 Å². The molecular weight excluding hydrogens is 298 g/mol. The van der Waals surface area contributed by atoms with E-state index in [0.717, 1.165) is 21.8 Å². The van der Waals surface area contributed by atoms with Crippen LogP contribution in [-0.2, 0) is 9.47 Å². The van der Waals surface area contributed by atoms with E-state index in [0.29, 0.717) is 19.1 Å². The van der Waals surface area contributed by atoms with Crippen LogP contribution in [0.3, 0.4) is 0 Å². The second-order valence-electron chi connectivity index (χ2n) is 5.27. The maximum absolute atomic E-state index is 5.90. The lowest BCUT2D eigenvalue weighted by atomic mass is 10.1. The molecule has 1 fully saturated rings. The van der Waals surface area contributed by atoms with E-state index in [1.807, 2.05) is 55.6 Å². The first-order chi connectivity index (χ1) is 10.8. The predicted molar refractivity (Wildman–Crippen MR) is 87.6 cm³/mol. The summed E-state index contributed by atoms with van der Waals surface area (Å²) in [4.78, 5) is 4.49. The molecule has 114 valence electrons. The highest BCUT2D eigenvalue weighted by Crippen LogP contribution is 2.27. The van der Waals surface area contributed by atoms with Crippen LogP contribution < -0.4 is 0 Å². The Labute approximate surface area is 135 Å². The Kier molecular flexibility index (Phi) is 4.88. The van der Waals surface area contributed by atoms with Crippen molar-refractivity contribution in [1.29, 1.82) is 0 Å². The summed E-state index contributed by atoms with van der Waals surface area (Å²) in [6.45, 7) is 3.35. The average molecular weight is 316 g/mol. The van der Waals surface area contributed by atoms with E-state index in [-0.39, 0.29) is 6.29 Å². The van der Waals surface area contributed by atoms with E-state index in [9.17, 15) is 0 Å². The van der Waals surface area contributed by atoms with Gasteiger partial charge in [0.1, 0.15) is 0 Å². The van der Waals surface area contributed by atoms with Crippen LogP contribution in [0.2, 0.25) is 5.02 Å². The zero-order valence-electron chi connectivity index (χ0n) is 12.4. The SMILES string of the molecule is C/C=C/[C@H]1CO[C@H](c2ccc(-c3ccc(Cl)cc3)nc2)OC1. The monoisotopic (exact) mass is 315 g/mol. The van der Waals surface area contributed by atoms with Crippen molar-refractivity contribution in [2.75, 3.05) is 13.2 Å². The zero-order valence-corrected chi connectivity index (χ0v) is 13.2. The standard InChI is InChI=1S/C18H18ClNO2/c1-2-3-13-11-21-18(22-12-13)15-6-9-17(20-10-15)14-4-7-16(19)8-5-14/h2-10,13,18H,11-12H2,1H3/b3-2+/t13-,18-. The van der Waals surface area contributed by atoms with Crippen LogP contribution >= 0.6 is 11.6 Å². The number of nitrogens with zero attached hydrogens (tertiary/aromatic N) is 1. The molecule has 0 atom stereocenters. The fraction of sp³-hybridized carbons (Fsp3) is 0.278. The van der Waals surface area contributed by atoms with Gasteiger partial charge < -0.3 is 9.47 Å². The number of aromatic nitrogens is 1. The second-order valence-corrected chi connectivity index (χ2v) is 5.70. The summed E-state index contributed by atoms with van der Waals surface area (Å²) in [6.07, 6.45) is 5.62. The van der Waals surface area contributed by atoms with E-state index >= 15 is 0 Å². The van der Waals surface area contributed by atoms with Gasteiger partial charge in [-0.05, 0) is 25.1 Å². The summed E-state index contributed by atoms with van der Waals surface area (Å²) >= 11 is 5.90. The minimum Gasteiger partial charge on any atom is -0.348 e. The van der Waals surface area contributed by atoms with Crippen molar-refractivity contribution in [3.05, 3.63) is 65.3 Å². The first kappa shape index (κ1) is 15.2. The van der Waals surface area contributed by atoms with Gasteiger partial charge in [-0.2, -0.15) is 0 Å². The van der Waals surface area contributed by atoms with Crippen molar-refractivity contribution in [3.8, 4) is 11.3 Å². The van der Waals surface area contributed by atoms with Gasteiger partial charge in [-0.3, -0.25) is 4.98 Å². The summed E-state index contributed by atoms with van der Waals surface area (Å²) in [7, 11) is 0. The van der Waals surface area contributed by atoms with Crippen LogP contribution in [0.15, 0.2) is 54.7 Å². The average Bonchev–Trinajstić information content (AvgIpc) is 2.57. The van der Waals surface area contributed by atoms with Gasteiger partial charge in [-0.15, -0.1) is 0 Å². The third-order valence-corrected chi connectivity index (χ3v) is 3.84. The van der Waals surface area contributed by atoms with Gasteiger partial charge in [0.2, 0.25) is 0 Å². The molecule has 0 bridgehead atoms. The van der Waals surface area contributed by atoms with E-state index in [2.05, 4.69) is 11.1 Å². The number of benzene rings is 1. The molecule has 1 saturated heterocycles. The fourth-order valence-corrected chi connectivity index (χ4v) is 2.56. The van der Waals surface area contributed by atoms with Crippen LogP contribution in [0.1, 0.15) is 18.8 Å². The quantitative estimate of drug-likeness (QED) is 0.773. The molecule has 0 spiro atoms. The highest BCUT2D eigenvalue weighted by Gasteiger charge is 2.22. The summed E-state index contributed by atoms with van der Waals surface area (Å²) in [5, 5.41) is 0.722. The number of hydrogen-bond donors (Lipinski definition) is 0. The minimum atomic E-state index is -0.326. The Morgan fingerprint density at radius 1 is 1.09 bits per heavy atom. The van der Waals surface area contributed by atoms with Crippen LogP contribution in [-0.4, -0.2) is 18.2 Å². The molecule has 1 aliphatic heterocycles. The molecule has 0 N–H and O–H groups in total. The highest BCUT2D eigenvalue weighted by atomic mass is 35.5. The lowest BCUT2D eigenvalue weighted by Crippen LogP contribution is -2.25. The molecule has 0 aliphatic carbocycles. The second kappa shape index (κ2) is 7.05. The van der Waals surface area contributed by atoms with Gasteiger partial charge in [-0.25, -0.2) is 0 Å². The molecule has 0 saturated carbocycles. The Bertz CT molecular complexity index is 629. The van der Waals surface area contributed by atoms with E-state index in [4.69, 9.17) is 21.1 Å². The first-order valence-electron chi connectivity index (χ1n) is 7.34. The number of ether oxygens (including phenoxy) is 2. The minimum absolute atomic E-state index is 0.326. The van der Waals surface area contributed by atoms with Crippen molar-refractivity contribution in [2.45, 2.75) is 13.2 Å². The summed E-state index contributed by atoms with van der Waals surface area (Å²) < 4.78 is 11.5. The van der Waals surface area contributed by atoms with Crippen LogP contribution in [0.5, 0.6) is 0 Å². The number of rotatable bonds is 3. The van der Waals surface area contributed by atoms with Gasteiger partial charge in [0.25, 0.3) is 0 Å². The van der Waals surface area contributed by atoms with Gasteiger partial charge in [0.15, 0.2) is 6.29 Å². The van der Waals surface area contributed by atoms with E-state index in [1.165, 1.54) is 0 Å². The maximum Gasteiger partial charge on any atom is 0.185 e. The summed E-state index contributed by atoms with van der Waals surface area (Å²) in [6, 6.07) is 11.6. The smallest absolute Gasteiger partial charge is 0.185 e. The molecule has 1 aromatic heterocycles. The molecule has 0 unspecified atom stereocenters. The molecule has 2 heterocycles. The normalized spacial score (nSPS) is 22.1. The zero-order chi connectivity index (χ0) is 15.4. The van der Waals surface area contributed by atoms with Crippen LogP contribution in [0.4, 0.5) is 0 Å². The van der Waals surface area contributed by atoms with Gasteiger partial charge in [0, 0.05) is 28.3 Å². The molecule has 3 nitrogen and oxygen atoms in total. The van der Waals surface area contributed by atoms with Crippen molar-refractivity contribution < 1.29 is 9.47 Å². The van der Waals surface area contributed by atoms with E-state index in [1.54, 1.807) is 0 Å². The molecule has 1 aromatic carbocycles. The number of pyridine rings is 1. The fourth-order valence-electron chi connectivity index (χ4n) is 2.43. The van der Waals surface area contributed by atoms with Gasteiger partial charge in [-0.1, -0.05) is 42.0 Å². The van der Waals surface area contributed by atoms with Crippen molar-refractivity contribution >= 4 is 11.6 Å². The molecule has 3 rings (SSSR count). The molecule has 4 heteroatoms. The summed E-state index contributed by atoms with van der Waals surface area (Å²) in [5.74, 6) is 0.336. The highest BCUT2D eigenvalue weighted by molar-refractivity contribution is 6.30. The predicted octanol–water partition coefficient (Wildman–Crippen LogP) is 4.64. The summed E-state index contributed by atoms with van der Waals surface area (Å²) in [5.41, 5.74) is 2.88. The molecule has 22 heavy (non-hydrogen) atoms. The Balaban J connectivity index is 1.68. The third kappa shape index (κ3) is 3.55. The number of halogens is 1. The largest absolute Gasteiger partial charge is 0.348 e. The van der Waals surface area contributed by atoms with Crippen LogP contribution in [0.25, 0.3) is 11.3 Å². The molecule has 0 radical (unpaired) electrons. The maximum atomic E-state index is 5.90. The van der Waals surface area contributed by atoms with E-state index < -0.39 is 0 Å². The third-order valence-electron chi connectivity index (χ3n) is 3.59. The molecule has 0 amide bonds. The molecular formula is C18H18ClNO2. The lowest BCUT2D eigenvalue weighted by Gasteiger charge is -2.28.